The second-order valence-electron chi connectivity index (χ2n) is 8.01. The number of rotatable bonds is 5. The zero-order valence-electron chi connectivity index (χ0n) is 16.4. The van der Waals surface area contributed by atoms with Crippen molar-refractivity contribution >= 4 is 11.8 Å². The van der Waals surface area contributed by atoms with E-state index in [1.165, 1.54) is 0 Å². The molecule has 1 aromatic heterocycles. The van der Waals surface area contributed by atoms with Crippen LogP contribution in [0, 0.1) is 5.92 Å². The van der Waals surface area contributed by atoms with Crippen LogP contribution in [0.15, 0.2) is 24.4 Å². The van der Waals surface area contributed by atoms with Crippen LogP contribution in [0.5, 0.6) is 0 Å². The lowest BCUT2D eigenvalue weighted by Gasteiger charge is -2.47. The predicted molar refractivity (Wildman–Crippen MR) is 105 cm³/mol. The Hall–Kier alpha value is -2.03. The summed E-state index contributed by atoms with van der Waals surface area (Å²) in [5, 5.41) is 3.13. The Balaban J connectivity index is 1.35. The second kappa shape index (κ2) is 8.55. The van der Waals surface area contributed by atoms with E-state index in [4.69, 9.17) is 0 Å². The summed E-state index contributed by atoms with van der Waals surface area (Å²) in [6.45, 7) is 3.03. The highest BCUT2D eigenvalue weighted by molar-refractivity contribution is 5.82. The number of carbonyl (C=O) groups is 2. The largest absolute Gasteiger partial charge is 0.341 e. The number of nitrogens with zero attached hydrogens (tertiary/aromatic N) is 3. The molecule has 0 aromatic carbocycles. The van der Waals surface area contributed by atoms with E-state index in [2.05, 4.69) is 21.2 Å². The molecule has 8 heteroatoms. The molecule has 0 saturated carbocycles. The van der Waals surface area contributed by atoms with Crippen LogP contribution in [0.3, 0.4) is 0 Å². The monoisotopic (exact) mass is 386 g/mol. The molecule has 0 aliphatic carbocycles. The van der Waals surface area contributed by atoms with Gasteiger partial charge in [0.25, 0.3) is 0 Å². The molecule has 4 rings (SSSR count). The van der Waals surface area contributed by atoms with Crippen LogP contribution in [-0.4, -0.2) is 71.9 Å². The van der Waals surface area contributed by atoms with E-state index < -0.39 is 0 Å². The molecule has 28 heavy (non-hydrogen) atoms. The molecule has 0 spiro atoms. The van der Waals surface area contributed by atoms with Crippen molar-refractivity contribution in [3.8, 4) is 0 Å². The van der Waals surface area contributed by atoms with Crippen molar-refractivity contribution in [2.24, 2.45) is 5.92 Å². The van der Waals surface area contributed by atoms with Gasteiger partial charge in [-0.1, -0.05) is 6.07 Å². The van der Waals surface area contributed by atoms with Crippen molar-refractivity contribution < 1.29 is 9.59 Å². The van der Waals surface area contributed by atoms with Crippen LogP contribution in [0.1, 0.15) is 37.4 Å². The molecule has 3 saturated heterocycles. The first-order valence-electron chi connectivity index (χ1n) is 10.3. The number of nitrogens with one attached hydrogen (secondary N) is 3. The van der Waals surface area contributed by atoms with Gasteiger partial charge in [-0.05, 0) is 44.4 Å². The number of likely N-dealkylation sites (tertiary alicyclic amines) is 2. The van der Waals surface area contributed by atoms with Gasteiger partial charge >= 0.3 is 0 Å². The smallest absolute Gasteiger partial charge is 0.241 e. The zero-order chi connectivity index (χ0) is 19.5. The molecule has 3 fully saturated rings. The number of piperidine rings is 2. The average molecular weight is 387 g/mol. The first-order valence-corrected chi connectivity index (χ1v) is 10.3. The Kier molecular flexibility index (Phi) is 5.89. The van der Waals surface area contributed by atoms with Crippen LogP contribution in [0.2, 0.25) is 0 Å². The number of hydrogen-bond acceptors (Lipinski definition) is 6. The maximum atomic E-state index is 13.1. The topological polar surface area (TPSA) is 89.6 Å². The number of likely N-dealkylation sites (N-methyl/N-ethyl adjacent to an activating group) is 1. The number of fused-ring (bicyclic) bond motifs is 1. The predicted octanol–water partition coefficient (Wildman–Crippen LogP) is 0.0481. The maximum absolute atomic E-state index is 13.1. The minimum atomic E-state index is -0.228. The molecule has 4 atom stereocenters. The molecule has 2 unspecified atom stereocenters. The lowest BCUT2D eigenvalue weighted by Crippen LogP contribution is -2.59. The van der Waals surface area contributed by atoms with Crippen LogP contribution in [0.25, 0.3) is 0 Å². The molecule has 1 aromatic rings. The Morgan fingerprint density at radius 2 is 2.21 bits per heavy atom. The van der Waals surface area contributed by atoms with Gasteiger partial charge in [0.1, 0.15) is 6.04 Å². The van der Waals surface area contributed by atoms with Gasteiger partial charge in [0.15, 0.2) is 0 Å². The van der Waals surface area contributed by atoms with Gasteiger partial charge < -0.3 is 15.1 Å². The highest BCUT2D eigenvalue weighted by atomic mass is 16.2. The van der Waals surface area contributed by atoms with Crippen LogP contribution in [0.4, 0.5) is 0 Å². The normalized spacial score (nSPS) is 30.4. The summed E-state index contributed by atoms with van der Waals surface area (Å²) in [6, 6.07) is 5.94. The molecule has 0 bridgehead atoms. The highest BCUT2D eigenvalue weighted by Crippen LogP contribution is 2.32. The van der Waals surface area contributed by atoms with E-state index in [9.17, 15) is 9.59 Å². The number of aromatic nitrogens is 1. The number of hydrazine groups is 1. The summed E-state index contributed by atoms with van der Waals surface area (Å²) in [7, 11) is 1.91. The SMILES string of the molecule is CNCCN1C(=O)CC[C@H]2CN(C(=O)C3CC(c4ccccn4)NN3)CC[C@H]21. The summed E-state index contributed by atoms with van der Waals surface area (Å²) in [6.07, 6.45) is 4.83. The third-order valence-electron chi connectivity index (χ3n) is 6.30. The zero-order valence-corrected chi connectivity index (χ0v) is 16.4. The third-order valence-corrected chi connectivity index (χ3v) is 6.30. The number of pyridine rings is 1. The van der Waals surface area contributed by atoms with Crippen molar-refractivity contribution in [1.29, 1.82) is 0 Å². The van der Waals surface area contributed by atoms with E-state index >= 15 is 0 Å². The summed E-state index contributed by atoms with van der Waals surface area (Å²) in [5.41, 5.74) is 7.33. The number of amides is 2. The van der Waals surface area contributed by atoms with Crippen LogP contribution in [-0.2, 0) is 9.59 Å². The molecule has 152 valence electrons. The van der Waals surface area contributed by atoms with Gasteiger partial charge in [-0.15, -0.1) is 0 Å². The Bertz CT molecular complexity index is 699. The Morgan fingerprint density at radius 1 is 1.32 bits per heavy atom. The summed E-state index contributed by atoms with van der Waals surface area (Å²) in [4.78, 5) is 33.9. The lowest BCUT2D eigenvalue weighted by molar-refractivity contribution is -0.144. The van der Waals surface area contributed by atoms with E-state index in [1.807, 2.05) is 35.0 Å². The Morgan fingerprint density at radius 3 is 3.00 bits per heavy atom. The average Bonchev–Trinajstić information content (AvgIpc) is 3.23. The van der Waals surface area contributed by atoms with E-state index in [0.717, 1.165) is 44.7 Å². The fourth-order valence-electron chi connectivity index (χ4n) is 4.79. The summed E-state index contributed by atoms with van der Waals surface area (Å²) >= 11 is 0. The second-order valence-corrected chi connectivity index (χ2v) is 8.01. The fourth-order valence-corrected chi connectivity index (χ4v) is 4.79. The van der Waals surface area contributed by atoms with Gasteiger partial charge in [0.05, 0.1) is 11.7 Å². The fraction of sp³-hybridized carbons (Fsp3) is 0.650. The standard InChI is InChI=1S/C20H30N6O2/c1-21-9-11-26-18-7-10-25(13-14(18)5-6-19(26)27)20(28)17-12-16(23-24-17)15-4-2-3-8-22-15/h2-4,8,14,16-18,21,23-24H,5-7,9-13H2,1H3/t14-,16?,17?,18+/m0/s1. The lowest BCUT2D eigenvalue weighted by atomic mass is 9.83. The van der Waals surface area contributed by atoms with E-state index in [1.54, 1.807) is 6.20 Å². The van der Waals surface area contributed by atoms with Crippen molar-refractivity contribution in [2.75, 3.05) is 33.2 Å². The summed E-state index contributed by atoms with van der Waals surface area (Å²) < 4.78 is 0. The minimum absolute atomic E-state index is 0.0528. The number of carbonyl (C=O) groups excluding carboxylic acids is 2. The van der Waals surface area contributed by atoms with Gasteiger partial charge in [-0.2, -0.15) is 0 Å². The molecule has 3 N–H and O–H groups in total. The maximum Gasteiger partial charge on any atom is 0.241 e. The Labute approximate surface area is 166 Å². The number of hydrogen-bond donors (Lipinski definition) is 3. The third kappa shape index (κ3) is 3.90. The molecule has 8 nitrogen and oxygen atoms in total. The van der Waals surface area contributed by atoms with Crippen molar-refractivity contribution in [2.45, 2.75) is 43.8 Å². The molecule has 0 radical (unpaired) electrons. The molecule has 4 heterocycles. The van der Waals surface area contributed by atoms with Gasteiger partial charge in [0.2, 0.25) is 11.8 Å². The highest BCUT2D eigenvalue weighted by Gasteiger charge is 2.42. The summed E-state index contributed by atoms with van der Waals surface area (Å²) in [5.74, 6) is 0.799. The van der Waals surface area contributed by atoms with E-state index in [-0.39, 0.29) is 29.9 Å². The van der Waals surface area contributed by atoms with Crippen molar-refractivity contribution in [3.63, 3.8) is 0 Å². The van der Waals surface area contributed by atoms with Gasteiger partial charge in [0, 0.05) is 44.8 Å². The van der Waals surface area contributed by atoms with E-state index in [0.29, 0.717) is 18.8 Å². The molecular weight excluding hydrogens is 356 g/mol. The van der Waals surface area contributed by atoms with Crippen molar-refractivity contribution in [1.82, 2.24) is 31.0 Å². The first kappa shape index (κ1) is 19.3. The quantitative estimate of drug-likeness (QED) is 0.663. The molecule has 2 amide bonds. The van der Waals surface area contributed by atoms with Gasteiger partial charge in [-0.25, -0.2) is 10.9 Å². The molecular formula is C20H30N6O2. The first-order chi connectivity index (χ1) is 13.7. The van der Waals surface area contributed by atoms with Crippen LogP contribution < -0.4 is 16.2 Å². The van der Waals surface area contributed by atoms with Crippen molar-refractivity contribution in [3.05, 3.63) is 30.1 Å². The molecule has 3 aliphatic rings. The van der Waals surface area contributed by atoms with Crippen LogP contribution >= 0.6 is 0 Å². The van der Waals surface area contributed by atoms with Gasteiger partial charge in [-0.3, -0.25) is 14.6 Å². The minimum Gasteiger partial charge on any atom is -0.341 e. The molecule has 3 aliphatic heterocycles.